The Hall–Kier alpha value is -1.65. The summed E-state index contributed by atoms with van der Waals surface area (Å²) in [6.45, 7) is 4.41. The first-order chi connectivity index (χ1) is 9.32. The maximum Gasteiger partial charge on any atom is 0.230 e. The summed E-state index contributed by atoms with van der Waals surface area (Å²) in [5, 5.41) is 1.28. The molecule has 20 heavy (non-hydrogen) atoms. The van der Waals surface area contributed by atoms with Crippen molar-refractivity contribution >= 4 is 51.6 Å². The van der Waals surface area contributed by atoms with Crippen LogP contribution in [-0.2, 0) is 9.59 Å². The molecule has 0 radical (unpaired) electrons. The Morgan fingerprint density at radius 3 is 2.25 bits per heavy atom. The minimum Gasteiger partial charge on any atom is -0.274 e. The van der Waals surface area contributed by atoms with Crippen LogP contribution < -0.4 is 4.90 Å². The number of benzene rings is 1. The maximum absolute atomic E-state index is 11.7. The highest BCUT2D eigenvalue weighted by molar-refractivity contribution is 6.42. The van der Waals surface area contributed by atoms with E-state index in [-0.39, 0.29) is 10.7 Å². The van der Waals surface area contributed by atoms with E-state index in [0.29, 0.717) is 15.9 Å². The van der Waals surface area contributed by atoms with Crippen LogP contribution in [0.1, 0.15) is 19.5 Å². The van der Waals surface area contributed by atoms with Gasteiger partial charge in [-0.1, -0.05) is 23.2 Å². The zero-order valence-electron chi connectivity index (χ0n) is 11.2. The highest BCUT2D eigenvalue weighted by atomic mass is 35.5. The molecule has 0 atom stereocenters. The summed E-state index contributed by atoms with van der Waals surface area (Å²) in [4.78, 5) is 28.8. The van der Waals surface area contributed by atoms with Crippen LogP contribution in [0.4, 0.5) is 5.69 Å². The lowest BCUT2D eigenvalue weighted by Crippen LogP contribution is -2.33. The van der Waals surface area contributed by atoms with Crippen LogP contribution in [0.25, 0.3) is 10.9 Å². The zero-order valence-corrected chi connectivity index (χ0v) is 12.7. The van der Waals surface area contributed by atoms with Gasteiger partial charge in [0.05, 0.1) is 21.2 Å². The fourth-order valence-electron chi connectivity index (χ4n) is 2.05. The van der Waals surface area contributed by atoms with Crippen molar-refractivity contribution in [3.05, 3.63) is 33.9 Å². The summed E-state index contributed by atoms with van der Waals surface area (Å²) in [7, 11) is 0. The van der Waals surface area contributed by atoms with Crippen LogP contribution in [0, 0.1) is 6.92 Å². The molecule has 0 aliphatic carbocycles. The summed E-state index contributed by atoms with van der Waals surface area (Å²) in [6, 6.07) is 5.10. The monoisotopic (exact) mass is 310 g/mol. The number of imide groups is 1. The number of pyridine rings is 1. The molecular weight excluding hydrogens is 299 g/mol. The van der Waals surface area contributed by atoms with Crippen molar-refractivity contribution in [2.75, 3.05) is 4.90 Å². The van der Waals surface area contributed by atoms with E-state index in [1.165, 1.54) is 19.9 Å². The molecule has 0 unspecified atom stereocenters. The lowest BCUT2D eigenvalue weighted by Gasteiger charge is -2.20. The first-order valence-corrected chi connectivity index (χ1v) is 6.65. The number of anilines is 1. The standard InChI is InChI=1S/C14H12Cl2N2O2/c1-7-4-5-10-11(15)6-12(16)14(13(10)17-7)18(8(2)19)9(3)20/h4-6H,1-3H3. The van der Waals surface area contributed by atoms with Crippen LogP contribution in [0.2, 0.25) is 10.0 Å². The quantitative estimate of drug-likeness (QED) is 0.806. The molecule has 0 aliphatic heterocycles. The number of hydrogen-bond acceptors (Lipinski definition) is 3. The summed E-state index contributed by atoms with van der Waals surface area (Å²) >= 11 is 12.3. The molecule has 0 bridgehead atoms. The number of carbonyl (C=O) groups is 2. The first kappa shape index (κ1) is 14.8. The molecule has 1 aromatic heterocycles. The van der Waals surface area contributed by atoms with E-state index < -0.39 is 11.8 Å². The normalized spacial score (nSPS) is 10.7. The Morgan fingerprint density at radius 2 is 1.70 bits per heavy atom. The average Bonchev–Trinajstić information content (AvgIpc) is 2.32. The fraction of sp³-hybridized carbons (Fsp3) is 0.214. The van der Waals surface area contributed by atoms with Gasteiger partial charge in [0.15, 0.2) is 0 Å². The van der Waals surface area contributed by atoms with Crippen LogP contribution >= 0.6 is 23.2 Å². The molecule has 2 rings (SSSR count). The molecular formula is C14H12Cl2N2O2. The van der Waals surface area contributed by atoms with Gasteiger partial charge < -0.3 is 0 Å². The number of nitrogens with zero attached hydrogens (tertiary/aromatic N) is 2. The van der Waals surface area contributed by atoms with E-state index in [4.69, 9.17) is 23.2 Å². The van der Waals surface area contributed by atoms with Gasteiger partial charge in [0.25, 0.3) is 0 Å². The topological polar surface area (TPSA) is 50.3 Å². The molecule has 0 aliphatic rings. The number of amides is 2. The summed E-state index contributed by atoms with van der Waals surface area (Å²) in [5.74, 6) is -0.849. The van der Waals surface area contributed by atoms with E-state index in [0.717, 1.165) is 10.6 Å². The zero-order chi connectivity index (χ0) is 15.0. The number of aromatic nitrogens is 1. The second-order valence-corrected chi connectivity index (χ2v) is 5.23. The van der Waals surface area contributed by atoms with Crippen LogP contribution in [0.15, 0.2) is 18.2 Å². The molecule has 6 heteroatoms. The van der Waals surface area contributed by atoms with Gasteiger partial charge in [-0.25, -0.2) is 4.90 Å². The van der Waals surface area contributed by atoms with E-state index in [2.05, 4.69) is 4.98 Å². The largest absolute Gasteiger partial charge is 0.274 e. The molecule has 1 aromatic carbocycles. The molecule has 1 heterocycles. The Labute approximate surface area is 126 Å². The van der Waals surface area contributed by atoms with E-state index >= 15 is 0 Å². The van der Waals surface area contributed by atoms with Crippen LogP contribution in [-0.4, -0.2) is 16.8 Å². The van der Waals surface area contributed by atoms with Gasteiger partial charge in [0.1, 0.15) is 0 Å². The van der Waals surface area contributed by atoms with Crippen molar-refractivity contribution < 1.29 is 9.59 Å². The highest BCUT2D eigenvalue weighted by Crippen LogP contribution is 2.38. The Morgan fingerprint density at radius 1 is 1.10 bits per heavy atom. The van der Waals surface area contributed by atoms with Crippen LogP contribution in [0.5, 0.6) is 0 Å². The summed E-state index contributed by atoms with van der Waals surface area (Å²) in [6.07, 6.45) is 0. The van der Waals surface area contributed by atoms with Crippen molar-refractivity contribution in [2.45, 2.75) is 20.8 Å². The number of fused-ring (bicyclic) bond motifs is 1. The summed E-state index contributed by atoms with van der Waals surface area (Å²) < 4.78 is 0. The van der Waals surface area contributed by atoms with Crippen molar-refractivity contribution in [2.24, 2.45) is 0 Å². The van der Waals surface area contributed by atoms with Gasteiger partial charge in [-0.15, -0.1) is 0 Å². The third-order valence-electron chi connectivity index (χ3n) is 2.85. The van der Waals surface area contributed by atoms with Crippen LogP contribution in [0.3, 0.4) is 0 Å². The lowest BCUT2D eigenvalue weighted by molar-refractivity contribution is -0.124. The minimum atomic E-state index is -0.425. The molecule has 0 saturated heterocycles. The SMILES string of the molecule is CC(=O)N(C(C)=O)c1c(Cl)cc(Cl)c2ccc(C)nc12. The molecule has 2 aromatic rings. The van der Waals surface area contributed by atoms with Crippen molar-refractivity contribution in [1.29, 1.82) is 0 Å². The number of rotatable bonds is 1. The molecule has 0 N–H and O–H groups in total. The van der Waals surface area contributed by atoms with Crippen molar-refractivity contribution in [1.82, 2.24) is 4.98 Å². The second kappa shape index (κ2) is 5.38. The Kier molecular flexibility index (Phi) is 3.97. The van der Waals surface area contributed by atoms with Crippen molar-refractivity contribution in [3.63, 3.8) is 0 Å². The predicted molar refractivity (Wildman–Crippen MR) is 80.3 cm³/mol. The van der Waals surface area contributed by atoms with Gasteiger partial charge in [-0.3, -0.25) is 14.6 Å². The molecule has 0 saturated carbocycles. The lowest BCUT2D eigenvalue weighted by atomic mass is 10.1. The van der Waals surface area contributed by atoms with Gasteiger partial charge in [-0.05, 0) is 25.1 Å². The first-order valence-electron chi connectivity index (χ1n) is 5.89. The second-order valence-electron chi connectivity index (χ2n) is 4.41. The smallest absolute Gasteiger partial charge is 0.230 e. The molecule has 104 valence electrons. The van der Waals surface area contributed by atoms with E-state index in [9.17, 15) is 9.59 Å². The van der Waals surface area contributed by atoms with Gasteiger partial charge >= 0.3 is 0 Å². The third kappa shape index (κ3) is 2.49. The minimum absolute atomic E-state index is 0.214. The fourth-order valence-corrected chi connectivity index (χ4v) is 2.65. The Bertz CT molecular complexity index is 715. The maximum atomic E-state index is 11.7. The van der Waals surface area contributed by atoms with Crippen molar-refractivity contribution in [3.8, 4) is 0 Å². The highest BCUT2D eigenvalue weighted by Gasteiger charge is 2.23. The predicted octanol–water partition coefficient (Wildman–Crippen LogP) is 3.75. The number of aryl methyl sites for hydroxylation is 1. The van der Waals surface area contributed by atoms with E-state index in [1.54, 1.807) is 12.1 Å². The molecule has 0 fully saturated rings. The molecule has 4 nitrogen and oxygen atoms in total. The van der Waals surface area contributed by atoms with Gasteiger partial charge in [0, 0.05) is 24.9 Å². The summed E-state index contributed by atoms with van der Waals surface area (Å²) in [5.41, 5.74) is 1.45. The Balaban J connectivity index is 2.90. The average molecular weight is 311 g/mol. The van der Waals surface area contributed by atoms with Gasteiger partial charge in [0.2, 0.25) is 11.8 Å². The molecule has 2 amide bonds. The third-order valence-corrected chi connectivity index (χ3v) is 3.45. The van der Waals surface area contributed by atoms with Gasteiger partial charge in [-0.2, -0.15) is 0 Å². The molecule has 0 spiro atoms. The number of carbonyl (C=O) groups excluding carboxylic acids is 2. The number of halogens is 2. The number of hydrogen-bond donors (Lipinski definition) is 0. The van der Waals surface area contributed by atoms with E-state index in [1.807, 2.05) is 6.92 Å².